The van der Waals surface area contributed by atoms with Crippen LogP contribution in [0.3, 0.4) is 0 Å². The molecule has 0 aliphatic heterocycles. The standard InChI is InChI=1S/C11H15NO3/c1-7-5-6-8(13)10(12(14)15)9(7)11(2,3)4/h5-6,13H,1-4H3. The number of benzene rings is 1. The van der Waals surface area contributed by atoms with Crippen molar-refractivity contribution in [1.29, 1.82) is 0 Å². The van der Waals surface area contributed by atoms with Crippen LogP contribution in [0.5, 0.6) is 5.75 Å². The molecule has 4 nitrogen and oxygen atoms in total. The number of rotatable bonds is 1. The zero-order chi connectivity index (χ0) is 11.8. The predicted molar refractivity (Wildman–Crippen MR) is 58.2 cm³/mol. The molecule has 0 aliphatic rings. The summed E-state index contributed by atoms with van der Waals surface area (Å²) in [5.41, 5.74) is 0.882. The topological polar surface area (TPSA) is 63.4 Å². The molecule has 0 radical (unpaired) electrons. The third kappa shape index (κ3) is 2.09. The quantitative estimate of drug-likeness (QED) is 0.571. The summed E-state index contributed by atoms with van der Waals surface area (Å²) in [7, 11) is 0. The lowest BCUT2D eigenvalue weighted by molar-refractivity contribution is -0.387. The monoisotopic (exact) mass is 209 g/mol. The zero-order valence-electron chi connectivity index (χ0n) is 9.37. The van der Waals surface area contributed by atoms with E-state index in [1.54, 1.807) is 6.07 Å². The smallest absolute Gasteiger partial charge is 0.314 e. The van der Waals surface area contributed by atoms with Crippen LogP contribution >= 0.6 is 0 Å². The average molecular weight is 209 g/mol. The summed E-state index contributed by atoms with van der Waals surface area (Å²) in [4.78, 5) is 10.4. The van der Waals surface area contributed by atoms with Crippen molar-refractivity contribution in [1.82, 2.24) is 0 Å². The molecule has 0 saturated carbocycles. The maximum absolute atomic E-state index is 10.9. The van der Waals surface area contributed by atoms with E-state index in [4.69, 9.17) is 0 Å². The Balaban J connectivity index is 3.60. The van der Waals surface area contributed by atoms with Gasteiger partial charge in [-0.1, -0.05) is 26.8 Å². The first-order chi connectivity index (χ1) is 6.75. The molecule has 82 valence electrons. The van der Waals surface area contributed by atoms with E-state index in [0.29, 0.717) is 5.56 Å². The van der Waals surface area contributed by atoms with E-state index in [0.717, 1.165) is 5.56 Å². The Bertz CT molecular complexity index is 405. The van der Waals surface area contributed by atoms with Gasteiger partial charge >= 0.3 is 5.69 Å². The van der Waals surface area contributed by atoms with Gasteiger partial charge in [0.15, 0.2) is 5.75 Å². The van der Waals surface area contributed by atoms with Crippen LogP contribution in [0, 0.1) is 17.0 Å². The van der Waals surface area contributed by atoms with Gasteiger partial charge < -0.3 is 5.11 Å². The van der Waals surface area contributed by atoms with Gasteiger partial charge in [-0.3, -0.25) is 10.1 Å². The number of nitro benzene ring substituents is 1. The molecule has 1 aromatic carbocycles. The third-order valence-electron chi connectivity index (χ3n) is 2.30. The lowest BCUT2D eigenvalue weighted by Crippen LogP contribution is -2.15. The Labute approximate surface area is 88.7 Å². The van der Waals surface area contributed by atoms with Gasteiger partial charge in [-0.2, -0.15) is 0 Å². The van der Waals surface area contributed by atoms with E-state index in [9.17, 15) is 15.2 Å². The summed E-state index contributed by atoms with van der Waals surface area (Å²) < 4.78 is 0. The molecule has 0 aliphatic carbocycles. The average Bonchev–Trinajstić information content (AvgIpc) is 2.05. The van der Waals surface area contributed by atoms with E-state index in [1.165, 1.54) is 6.07 Å². The Morgan fingerprint density at radius 2 is 1.87 bits per heavy atom. The van der Waals surface area contributed by atoms with Gasteiger partial charge in [0.1, 0.15) is 0 Å². The molecule has 0 atom stereocenters. The number of hydrogen-bond acceptors (Lipinski definition) is 3. The molecule has 1 aromatic rings. The summed E-state index contributed by atoms with van der Waals surface area (Å²) in [5, 5.41) is 20.4. The Morgan fingerprint density at radius 3 is 2.20 bits per heavy atom. The highest BCUT2D eigenvalue weighted by atomic mass is 16.6. The van der Waals surface area contributed by atoms with Crippen molar-refractivity contribution in [3.8, 4) is 5.75 Å². The fourth-order valence-corrected chi connectivity index (χ4v) is 1.81. The lowest BCUT2D eigenvalue weighted by Gasteiger charge is -2.21. The van der Waals surface area contributed by atoms with Crippen LogP contribution in [-0.2, 0) is 5.41 Å². The van der Waals surface area contributed by atoms with Gasteiger partial charge in [0.25, 0.3) is 0 Å². The minimum absolute atomic E-state index is 0.178. The SMILES string of the molecule is Cc1ccc(O)c([N+](=O)[O-])c1C(C)(C)C. The summed E-state index contributed by atoms with van der Waals surface area (Å²) in [6, 6.07) is 3.06. The summed E-state index contributed by atoms with van der Waals surface area (Å²) in [6.45, 7) is 7.48. The summed E-state index contributed by atoms with van der Waals surface area (Å²) >= 11 is 0. The van der Waals surface area contributed by atoms with Crippen LogP contribution in [0.15, 0.2) is 12.1 Å². The molecule has 0 amide bonds. The van der Waals surface area contributed by atoms with Gasteiger partial charge in [-0.25, -0.2) is 0 Å². The second-order valence-corrected chi connectivity index (χ2v) is 4.63. The molecular weight excluding hydrogens is 194 g/mol. The first kappa shape index (κ1) is 11.5. The molecule has 1 rings (SSSR count). The maximum atomic E-state index is 10.9. The highest BCUT2D eigenvalue weighted by molar-refractivity contribution is 5.57. The van der Waals surface area contributed by atoms with Crippen molar-refractivity contribution in [2.24, 2.45) is 0 Å². The van der Waals surface area contributed by atoms with Gasteiger partial charge in [-0.05, 0) is 24.0 Å². The van der Waals surface area contributed by atoms with Crippen molar-refractivity contribution < 1.29 is 10.0 Å². The minimum Gasteiger partial charge on any atom is -0.502 e. The fraction of sp³-hybridized carbons (Fsp3) is 0.455. The molecular formula is C11H15NO3. The van der Waals surface area contributed by atoms with Crippen LogP contribution < -0.4 is 0 Å². The molecule has 0 bridgehead atoms. The molecule has 0 spiro atoms. The fourth-order valence-electron chi connectivity index (χ4n) is 1.81. The van der Waals surface area contributed by atoms with E-state index in [-0.39, 0.29) is 16.9 Å². The Kier molecular flexibility index (Phi) is 2.71. The first-order valence-electron chi connectivity index (χ1n) is 4.72. The van der Waals surface area contributed by atoms with E-state index < -0.39 is 4.92 Å². The van der Waals surface area contributed by atoms with Crippen LogP contribution in [0.4, 0.5) is 5.69 Å². The Morgan fingerprint density at radius 1 is 1.33 bits per heavy atom. The molecule has 4 heteroatoms. The highest BCUT2D eigenvalue weighted by Crippen LogP contribution is 2.39. The van der Waals surface area contributed by atoms with Crippen molar-refractivity contribution in [2.45, 2.75) is 33.1 Å². The predicted octanol–water partition coefficient (Wildman–Crippen LogP) is 2.91. The van der Waals surface area contributed by atoms with Gasteiger partial charge in [0.2, 0.25) is 0 Å². The number of hydrogen-bond donors (Lipinski definition) is 1. The summed E-state index contributed by atoms with van der Waals surface area (Å²) in [6.07, 6.45) is 0. The molecule has 0 saturated heterocycles. The van der Waals surface area contributed by atoms with Gasteiger partial charge in [0.05, 0.1) is 4.92 Å². The number of phenols is 1. The van der Waals surface area contributed by atoms with Gasteiger partial charge in [-0.15, -0.1) is 0 Å². The number of phenolic OH excluding ortho intramolecular Hbond substituents is 1. The van der Waals surface area contributed by atoms with E-state index in [1.807, 2.05) is 27.7 Å². The minimum atomic E-state index is -0.525. The number of aromatic hydroxyl groups is 1. The number of nitro groups is 1. The second-order valence-electron chi connectivity index (χ2n) is 4.63. The second kappa shape index (κ2) is 3.53. The molecule has 0 unspecified atom stereocenters. The Hall–Kier alpha value is -1.58. The highest BCUT2D eigenvalue weighted by Gasteiger charge is 2.29. The molecule has 0 fully saturated rings. The molecule has 0 heterocycles. The third-order valence-corrected chi connectivity index (χ3v) is 2.30. The van der Waals surface area contributed by atoms with Crippen LogP contribution in [0.2, 0.25) is 0 Å². The van der Waals surface area contributed by atoms with Crippen LogP contribution in [0.1, 0.15) is 31.9 Å². The van der Waals surface area contributed by atoms with Crippen molar-refractivity contribution in [2.75, 3.05) is 0 Å². The molecule has 15 heavy (non-hydrogen) atoms. The number of aryl methyl sites for hydroxylation is 1. The largest absolute Gasteiger partial charge is 0.502 e. The van der Waals surface area contributed by atoms with E-state index in [2.05, 4.69) is 0 Å². The van der Waals surface area contributed by atoms with E-state index >= 15 is 0 Å². The normalized spacial score (nSPS) is 11.5. The maximum Gasteiger partial charge on any atom is 0.314 e. The zero-order valence-corrected chi connectivity index (χ0v) is 9.37. The number of nitrogens with zero attached hydrogens (tertiary/aromatic N) is 1. The molecule has 1 N–H and O–H groups in total. The van der Waals surface area contributed by atoms with Crippen LogP contribution in [0.25, 0.3) is 0 Å². The van der Waals surface area contributed by atoms with Crippen LogP contribution in [-0.4, -0.2) is 10.0 Å². The van der Waals surface area contributed by atoms with Crippen molar-refractivity contribution in [3.05, 3.63) is 33.4 Å². The lowest BCUT2D eigenvalue weighted by atomic mass is 9.82. The van der Waals surface area contributed by atoms with Crippen molar-refractivity contribution >= 4 is 5.69 Å². The van der Waals surface area contributed by atoms with Crippen molar-refractivity contribution in [3.63, 3.8) is 0 Å². The van der Waals surface area contributed by atoms with Gasteiger partial charge in [0, 0.05) is 5.56 Å². The first-order valence-corrected chi connectivity index (χ1v) is 4.72. The molecule has 0 aromatic heterocycles. The summed E-state index contributed by atoms with van der Waals surface area (Å²) in [5.74, 6) is -0.268.